The lowest BCUT2D eigenvalue weighted by Gasteiger charge is -2.43. The normalized spacial score (nSPS) is 21.3. The summed E-state index contributed by atoms with van der Waals surface area (Å²) in [6.45, 7) is 7.06. The van der Waals surface area contributed by atoms with Gasteiger partial charge in [-0.05, 0) is 6.42 Å². The van der Waals surface area contributed by atoms with E-state index in [0.29, 0.717) is 13.0 Å². The first-order valence-electron chi connectivity index (χ1n) is 12.1. The third-order valence-corrected chi connectivity index (χ3v) is 6.04. The topological polar surface area (TPSA) is 75.7 Å². The molecule has 6 nitrogen and oxygen atoms in total. The zero-order valence-corrected chi connectivity index (χ0v) is 19.7. The third-order valence-electron chi connectivity index (χ3n) is 6.04. The number of carbonyl (C=O) groups excluding carboxylic acids is 3. The molecule has 1 rings (SSSR count). The van der Waals surface area contributed by atoms with Crippen molar-refractivity contribution < 1.29 is 19.1 Å². The van der Waals surface area contributed by atoms with Gasteiger partial charge in [-0.25, -0.2) is 0 Å². The molecule has 1 saturated heterocycles. The number of esters is 1. The molecule has 1 aliphatic heterocycles. The highest BCUT2D eigenvalue weighted by Gasteiger charge is 2.38. The van der Waals surface area contributed by atoms with Crippen LogP contribution in [0.4, 0.5) is 0 Å². The van der Waals surface area contributed by atoms with Crippen molar-refractivity contribution in [3.05, 3.63) is 0 Å². The quantitative estimate of drug-likeness (QED) is 0.323. The molecule has 0 aromatic carbocycles. The molecule has 1 fully saturated rings. The summed E-state index contributed by atoms with van der Waals surface area (Å²) in [7, 11) is 0. The van der Waals surface area contributed by atoms with E-state index in [1.165, 1.54) is 78.1 Å². The number of nitrogens with zero attached hydrogens (tertiary/aromatic N) is 1. The minimum Gasteiger partial charge on any atom is -0.460 e. The lowest BCUT2D eigenvalue weighted by molar-refractivity contribution is -0.155. The number of rotatable bonds is 14. The van der Waals surface area contributed by atoms with E-state index in [0.717, 1.165) is 12.8 Å². The fourth-order valence-corrected chi connectivity index (χ4v) is 4.48. The van der Waals surface area contributed by atoms with E-state index in [9.17, 15) is 14.4 Å². The molecule has 6 heteroatoms. The number of likely N-dealkylation sites (tertiary alicyclic amines) is 1. The van der Waals surface area contributed by atoms with Crippen LogP contribution in [-0.2, 0) is 19.1 Å². The van der Waals surface area contributed by atoms with E-state index in [-0.39, 0.29) is 36.0 Å². The lowest BCUT2D eigenvalue weighted by atomic mass is 9.91. The van der Waals surface area contributed by atoms with Gasteiger partial charge >= 0.3 is 5.97 Å². The third kappa shape index (κ3) is 11.0. The summed E-state index contributed by atoms with van der Waals surface area (Å²) < 4.78 is 5.48. The summed E-state index contributed by atoms with van der Waals surface area (Å²) in [5.41, 5.74) is 0. The van der Waals surface area contributed by atoms with Gasteiger partial charge in [0.25, 0.3) is 0 Å². The van der Waals surface area contributed by atoms with E-state index in [2.05, 4.69) is 12.2 Å². The number of carbonyl (C=O) groups is 3. The molecule has 0 aromatic rings. The van der Waals surface area contributed by atoms with E-state index in [1.807, 2.05) is 4.90 Å². The summed E-state index contributed by atoms with van der Waals surface area (Å²) in [5, 5.41) is 2.84. The minimum atomic E-state index is -0.375. The molecule has 1 N–H and O–H groups in total. The van der Waals surface area contributed by atoms with Crippen molar-refractivity contribution in [3.63, 3.8) is 0 Å². The van der Waals surface area contributed by atoms with Crippen molar-refractivity contribution in [2.24, 2.45) is 0 Å². The summed E-state index contributed by atoms with van der Waals surface area (Å²) in [6.07, 6.45) is 15.3. The van der Waals surface area contributed by atoms with Crippen molar-refractivity contribution in [3.8, 4) is 0 Å². The predicted molar refractivity (Wildman–Crippen MR) is 120 cm³/mol. The van der Waals surface area contributed by atoms with Gasteiger partial charge in [0.05, 0.1) is 6.04 Å². The largest absolute Gasteiger partial charge is 0.460 e. The fourth-order valence-electron chi connectivity index (χ4n) is 4.48. The molecular weight excluding hydrogens is 380 g/mol. The zero-order valence-electron chi connectivity index (χ0n) is 19.7. The second-order valence-corrected chi connectivity index (χ2v) is 8.84. The Hall–Kier alpha value is -1.59. The Kier molecular flexibility index (Phi) is 13.4. The first kappa shape index (κ1) is 26.4. The number of ether oxygens (including phenoxy) is 1. The maximum Gasteiger partial charge on any atom is 0.302 e. The summed E-state index contributed by atoms with van der Waals surface area (Å²) in [4.78, 5) is 37.1. The molecule has 3 atom stereocenters. The van der Waals surface area contributed by atoms with Crippen molar-refractivity contribution in [2.45, 2.75) is 129 Å². The molecular formula is C24H44N2O4. The van der Waals surface area contributed by atoms with Crippen molar-refractivity contribution in [2.75, 3.05) is 6.54 Å². The summed E-state index contributed by atoms with van der Waals surface area (Å²) >= 11 is 0. The highest BCUT2D eigenvalue weighted by Crippen LogP contribution is 2.25. The first-order valence-corrected chi connectivity index (χ1v) is 12.1. The maximum absolute atomic E-state index is 12.2. The van der Waals surface area contributed by atoms with Crippen molar-refractivity contribution >= 4 is 17.8 Å². The molecule has 0 aliphatic carbocycles. The molecule has 0 aromatic heterocycles. The van der Waals surface area contributed by atoms with Crippen LogP contribution in [0.5, 0.6) is 0 Å². The number of hydrogen-bond donors (Lipinski definition) is 1. The van der Waals surface area contributed by atoms with Crippen LogP contribution in [0, 0.1) is 0 Å². The van der Waals surface area contributed by atoms with Crippen LogP contribution in [-0.4, -0.2) is 47.4 Å². The fraction of sp³-hybridized carbons (Fsp3) is 0.875. The molecule has 2 amide bonds. The lowest BCUT2D eigenvalue weighted by Crippen LogP contribution is -2.60. The van der Waals surface area contributed by atoms with Crippen molar-refractivity contribution in [1.29, 1.82) is 0 Å². The summed E-state index contributed by atoms with van der Waals surface area (Å²) in [6, 6.07) is -0.278. The Bertz CT molecular complexity index is 523. The van der Waals surface area contributed by atoms with Crippen molar-refractivity contribution in [1.82, 2.24) is 10.2 Å². The highest BCUT2D eigenvalue weighted by atomic mass is 16.5. The molecule has 1 heterocycles. The Labute approximate surface area is 183 Å². The van der Waals surface area contributed by atoms with Gasteiger partial charge in [-0.15, -0.1) is 0 Å². The van der Waals surface area contributed by atoms with Crippen LogP contribution >= 0.6 is 0 Å². The van der Waals surface area contributed by atoms with Gasteiger partial charge in [-0.1, -0.05) is 77.6 Å². The number of amides is 2. The van der Waals surface area contributed by atoms with Crippen LogP contribution in [0.1, 0.15) is 111 Å². The highest BCUT2D eigenvalue weighted by molar-refractivity contribution is 5.75. The average molecular weight is 425 g/mol. The van der Waals surface area contributed by atoms with Gasteiger partial charge in [0.15, 0.2) is 0 Å². The Morgan fingerprint density at radius 1 is 0.867 bits per heavy atom. The number of piperidine rings is 1. The number of hydrogen-bond acceptors (Lipinski definition) is 4. The smallest absolute Gasteiger partial charge is 0.302 e. The molecule has 0 saturated carbocycles. The molecule has 0 radical (unpaired) electrons. The number of unbranched alkanes of at least 4 members (excludes halogenated alkanes) is 10. The van der Waals surface area contributed by atoms with Crippen LogP contribution in [0.2, 0.25) is 0 Å². The first-order chi connectivity index (χ1) is 14.3. The summed E-state index contributed by atoms with van der Waals surface area (Å²) in [5.74, 6) is -0.510. The van der Waals surface area contributed by atoms with Gasteiger partial charge in [0.2, 0.25) is 11.8 Å². The molecule has 30 heavy (non-hydrogen) atoms. The van der Waals surface area contributed by atoms with Crippen LogP contribution in [0.15, 0.2) is 0 Å². The van der Waals surface area contributed by atoms with E-state index in [4.69, 9.17) is 4.74 Å². The van der Waals surface area contributed by atoms with Gasteiger partial charge in [-0.3, -0.25) is 14.4 Å². The molecule has 1 aliphatic rings. The maximum atomic E-state index is 12.2. The van der Waals surface area contributed by atoms with Gasteiger partial charge in [0, 0.05) is 39.8 Å². The van der Waals surface area contributed by atoms with Crippen LogP contribution in [0.3, 0.4) is 0 Å². The monoisotopic (exact) mass is 424 g/mol. The molecule has 174 valence electrons. The van der Waals surface area contributed by atoms with E-state index >= 15 is 0 Å². The van der Waals surface area contributed by atoms with Gasteiger partial charge < -0.3 is 15.0 Å². The Balaban J connectivity index is 2.37. The van der Waals surface area contributed by atoms with E-state index < -0.39 is 0 Å². The second kappa shape index (κ2) is 15.2. The standard InChI is InChI=1S/C24H44N2O4/c1-5-6-7-8-9-10-11-12-13-14-15-16-22-17-24(30-21(4)29)23(25-19(2)27)18-26(22)20(3)28/h22-24H,5-18H2,1-4H3,(H,25,27)/t22-,23-,24-/m0/s1. The van der Waals surface area contributed by atoms with E-state index in [1.54, 1.807) is 6.92 Å². The van der Waals surface area contributed by atoms with Crippen LogP contribution < -0.4 is 5.32 Å². The molecule has 0 unspecified atom stereocenters. The van der Waals surface area contributed by atoms with Crippen LogP contribution in [0.25, 0.3) is 0 Å². The zero-order chi connectivity index (χ0) is 22.4. The van der Waals surface area contributed by atoms with Gasteiger partial charge in [-0.2, -0.15) is 0 Å². The Morgan fingerprint density at radius 3 is 1.87 bits per heavy atom. The Morgan fingerprint density at radius 2 is 1.40 bits per heavy atom. The molecule has 0 bridgehead atoms. The molecule has 0 spiro atoms. The second-order valence-electron chi connectivity index (χ2n) is 8.84. The predicted octanol–water partition coefficient (Wildman–Crippen LogP) is 4.74. The van der Waals surface area contributed by atoms with Gasteiger partial charge in [0.1, 0.15) is 6.10 Å². The minimum absolute atomic E-state index is 0.0136. The average Bonchev–Trinajstić information content (AvgIpc) is 2.66. The SMILES string of the molecule is CCCCCCCCCCCCC[C@H]1C[C@H](OC(C)=O)[C@@H](NC(C)=O)CN1C(C)=O. The number of nitrogens with one attached hydrogen (secondary N) is 1.